The minimum atomic E-state index is -0.100. The van der Waals surface area contributed by atoms with Crippen molar-refractivity contribution in [1.29, 1.82) is 0 Å². The van der Waals surface area contributed by atoms with E-state index < -0.39 is 0 Å². The molecule has 2 heterocycles. The van der Waals surface area contributed by atoms with Gasteiger partial charge in [-0.15, -0.1) is 16.9 Å². The Morgan fingerprint density at radius 3 is 2.96 bits per heavy atom. The minimum absolute atomic E-state index is 0.0205. The lowest BCUT2D eigenvalue weighted by Crippen LogP contribution is -2.24. The molecule has 2 aromatic carbocycles. The summed E-state index contributed by atoms with van der Waals surface area (Å²) in [6.45, 7) is 2.07. The number of hydrogen-bond donors (Lipinski definition) is 1. The summed E-state index contributed by atoms with van der Waals surface area (Å²) < 4.78 is 1.60. The monoisotopic (exact) mass is 351 g/mol. The van der Waals surface area contributed by atoms with Crippen LogP contribution in [0.25, 0.3) is 11.4 Å². The van der Waals surface area contributed by atoms with E-state index in [1.54, 1.807) is 23.5 Å². The molecule has 1 aromatic heterocycles. The highest BCUT2D eigenvalue weighted by Crippen LogP contribution is 2.38. The summed E-state index contributed by atoms with van der Waals surface area (Å²) in [6, 6.07) is 13.9. The van der Waals surface area contributed by atoms with Gasteiger partial charge in [0.1, 0.15) is 0 Å². The lowest BCUT2D eigenvalue weighted by Gasteiger charge is -2.11. The van der Waals surface area contributed by atoms with E-state index in [0.717, 1.165) is 17.7 Å². The third-order valence-corrected chi connectivity index (χ3v) is 5.50. The van der Waals surface area contributed by atoms with Gasteiger partial charge in [-0.3, -0.25) is 4.79 Å². The van der Waals surface area contributed by atoms with Crippen molar-refractivity contribution in [3.8, 4) is 11.4 Å². The fraction of sp³-hybridized carbons (Fsp3) is 0.222. The number of nitrogens with zero attached hydrogens (tertiary/aromatic N) is 4. The second kappa shape index (κ2) is 6.33. The molecule has 0 aliphatic carbocycles. The van der Waals surface area contributed by atoms with Crippen molar-refractivity contribution < 1.29 is 4.79 Å². The van der Waals surface area contributed by atoms with Crippen molar-refractivity contribution in [2.75, 3.05) is 5.32 Å². The largest absolute Gasteiger partial charge is 0.325 e. The summed E-state index contributed by atoms with van der Waals surface area (Å²) in [6.07, 6.45) is 0.763. The number of aryl methyl sites for hydroxylation is 2. The topological polar surface area (TPSA) is 72.7 Å². The van der Waals surface area contributed by atoms with Crippen molar-refractivity contribution in [1.82, 2.24) is 20.2 Å². The number of rotatable bonds is 3. The van der Waals surface area contributed by atoms with E-state index in [2.05, 4.69) is 46.0 Å². The zero-order chi connectivity index (χ0) is 17.4. The van der Waals surface area contributed by atoms with Crippen LogP contribution in [0, 0.1) is 6.92 Å². The molecule has 0 saturated carbocycles. The summed E-state index contributed by atoms with van der Waals surface area (Å²) in [5.41, 5.74) is 4.08. The van der Waals surface area contributed by atoms with E-state index in [0.29, 0.717) is 5.82 Å². The molecule has 4 rings (SSSR count). The van der Waals surface area contributed by atoms with Crippen LogP contribution in [0.2, 0.25) is 0 Å². The van der Waals surface area contributed by atoms with Crippen LogP contribution in [0.5, 0.6) is 0 Å². The Bertz CT molecular complexity index is 952. The first-order valence-corrected chi connectivity index (χ1v) is 8.88. The number of anilines is 1. The third kappa shape index (κ3) is 3.15. The summed E-state index contributed by atoms with van der Waals surface area (Å²) >= 11 is 1.63. The second-order valence-corrected chi connectivity index (χ2v) is 7.36. The van der Waals surface area contributed by atoms with Gasteiger partial charge in [-0.05, 0) is 47.5 Å². The van der Waals surface area contributed by atoms with E-state index in [4.69, 9.17) is 0 Å². The molecule has 25 heavy (non-hydrogen) atoms. The molecule has 0 radical (unpaired) electrons. The van der Waals surface area contributed by atoms with Crippen molar-refractivity contribution in [3.05, 3.63) is 53.6 Å². The van der Waals surface area contributed by atoms with E-state index in [1.165, 1.54) is 16.0 Å². The minimum Gasteiger partial charge on any atom is -0.325 e. The highest BCUT2D eigenvalue weighted by molar-refractivity contribution is 8.01. The van der Waals surface area contributed by atoms with Crippen LogP contribution in [0.15, 0.2) is 47.4 Å². The van der Waals surface area contributed by atoms with Crippen molar-refractivity contribution in [2.24, 2.45) is 7.05 Å². The fourth-order valence-corrected chi connectivity index (χ4v) is 4.21. The van der Waals surface area contributed by atoms with Crippen LogP contribution < -0.4 is 5.32 Å². The summed E-state index contributed by atoms with van der Waals surface area (Å²) in [5.74, 6) is 0.682. The van der Waals surface area contributed by atoms with Gasteiger partial charge in [0.25, 0.3) is 0 Å². The molecule has 0 fully saturated rings. The van der Waals surface area contributed by atoms with Gasteiger partial charge in [0.2, 0.25) is 5.91 Å². The van der Waals surface area contributed by atoms with E-state index in [1.807, 2.05) is 24.3 Å². The Hall–Kier alpha value is -2.67. The van der Waals surface area contributed by atoms with Crippen LogP contribution in [0.1, 0.15) is 11.1 Å². The van der Waals surface area contributed by atoms with Gasteiger partial charge in [-0.2, -0.15) is 0 Å². The van der Waals surface area contributed by atoms with E-state index >= 15 is 0 Å². The maximum absolute atomic E-state index is 12.7. The summed E-state index contributed by atoms with van der Waals surface area (Å²) in [5, 5.41) is 14.4. The Morgan fingerprint density at radius 2 is 2.16 bits per heavy atom. The highest BCUT2D eigenvalue weighted by atomic mass is 32.2. The molecule has 1 amide bonds. The average Bonchev–Trinajstić information content (AvgIpc) is 3.20. The molecule has 0 unspecified atom stereocenters. The molecule has 1 N–H and O–H groups in total. The quantitative estimate of drug-likeness (QED) is 0.785. The van der Waals surface area contributed by atoms with Gasteiger partial charge in [-0.25, -0.2) is 4.68 Å². The number of tetrazole rings is 1. The Morgan fingerprint density at radius 1 is 1.28 bits per heavy atom. The number of thioether (sulfide) groups is 1. The summed E-state index contributed by atoms with van der Waals surface area (Å²) in [4.78, 5) is 13.9. The number of amides is 1. The molecule has 0 bridgehead atoms. The predicted octanol–water partition coefficient (Wildman–Crippen LogP) is 2.84. The van der Waals surface area contributed by atoms with Crippen molar-refractivity contribution in [3.63, 3.8) is 0 Å². The maximum Gasteiger partial charge on any atom is 0.238 e. The number of carbonyl (C=O) groups is 1. The smallest absolute Gasteiger partial charge is 0.238 e. The maximum atomic E-state index is 12.7. The Balaban J connectivity index is 1.50. The molecule has 0 spiro atoms. The Labute approximate surface area is 149 Å². The highest BCUT2D eigenvalue weighted by Gasteiger charge is 2.28. The lowest BCUT2D eigenvalue weighted by atomic mass is 10.1. The fourth-order valence-electron chi connectivity index (χ4n) is 2.91. The predicted molar refractivity (Wildman–Crippen MR) is 97.4 cm³/mol. The van der Waals surface area contributed by atoms with Gasteiger partial charge in [0, 0.05) is 23.2 Å². The van der Waals surface area contributed by atoms with Gasteiger partial charge < -0.3 is 5.32 Å². The summed E-state index contributed by atoms with van der Waals surface area (Å²) in [7, 11) is 1.79. The molecule has 1 atom stereocenters. The van der Waals surface area contributed by atoms with Crippen molar-refractivity contribution >= 4 is 23.4 Å². The van der Waals surface area contributed by atoms with Crippen LogP contribution >= 0.6 is 11.8 Å². The molecular formula is C18H17N5OS. The SMILES string of the molecule is Cc1ccc2c(c1)S[C@@H](C(=O)Nc1cccc(-c3nnnn3C)c1)C2. The van der Waals surface area contributed by atoms with Crippen LogP contribution in [0.3, 0.4) is 0 Å². The first-order chi connectivity index (χ1) is 12.1. The molecule has 1 aliphatic heterocycles. The first-order valence-electron chi connectivity index (χ1n) is 8.00. The second-order valence-electron chi connectivity index (χ2n) is 6.12. The standard InChI is InChI=1S/C18H17N5OS/c1-11-6-7-12-10-16(25-15(12)8-11)18(24)19-14-5-3-4-13(9-14)17-20-21-22-23(17)2/h3-9,16H,10H2,1-2H3,(H,19,24)/t16-/m1/s1. The van der Waals surface area contributed by atoms with Crippen molar-refractivity contribution in [2.45, 2.75) is 23.5 Å². The van der Waals surface area contributed by atoms with Gasteiger partial charge in [-0.1, -0.05) is 29.8 Å². The molecule has 3 aromatic rings. The first kappa shape index (κ1) is 15.8. The van der Waals surface area contributed by atoms with Gasteiger partial charge in [0.15, 0.2) is 5.82 Å². The van der Waals surface area contributed by atoms with Gasteiger partial charge >= 0.3 is 0 Å². The molecule has 7 heteroatoms. The number of carbonyl (C=O) groups excluding carboxylic acids is 1. The third-order valence-electron chi connectivity index (χ3n) is 4.20. The molecule has 1 aliphatic rings. The van der Waals surface area contributed by atoms with Gasteiger partial charge in [0.05, 0.1) is 5.25 Å². The molecule has 0 saturated heterocycles. The number of hydrogen-bond acceptors (Lipinski definition) is 5. The molecular weight excluding hydrogens is 334 g/mol. The van der Waals surface area contributed by atoms with Crippen LogP contribution in [-0.2, 0) is 18.3 Å². The number of aromatic nitrogens is 4. The van der Waals surface area contributed by atoms with Crippen LogP contribution in [-0.4, -0.2) is 31.4 Å². The number of nitrogens with one attached hydrogen (secondary N) is 1. The van der Waals surface area contributed by atoms with E-state index in [-0.39, 0.29) is 11.2 Å². The number of benzene rings is 2. The lowest BCUT2D eigenvalue weighted by molar-refractivity contribution is -0.115. The van der Waals surface area contributed by atoms with Crippen LogP contribution in [0.4, 0.5) is 5.69 Å². The average molecular weight is 351 g/mol. The number of fused-ring (bicyclic) bond motifs is 1. The van der Waals surface area contributed by atoms with E-state index in [9.17, 15) is 4.79 Å². The Kier molecular flexibility index (Phi) is 4.01. The zero-order valence-corrected chi connectivity index (χ0v) is 14.7. The zero-order valence-electron chi connectivity index (χ0n) is 13.9. The molecule has 6 nitrogen and oxygen atoms in total. The normalized spacial score (nSPS) is 15.8. The molecule has 126 valence electrons.